The normalized spacial score (nSPS) is 15.7. The number of nitrogens with zero attached hydrogens (tertiary/aromatic N) is 1. The number of hydrogen-bond donors (Lipinski definition) is 2. The third kappa shape index (κ3) is 2.27. The Hall–Kier alpha value is -0.450. The van der Waals surface area contributed by atoms with Crippen LogP contribution in [0.3, 0.4) is 0 Å². The van der Waals surface area contributed by atoms with Gasteiger partial charge >= 0.3 is 0 Å². The Balaban J connectivity index is 2.82. The van der Waals surface area contributed by atoms with Crippen molar-refractivity contribution in [1.29, 1.82) is 0 Å². The van der Waals surface area contributed by atoms with Crippen LogP contribution < -0.4 is 5.73 Å². The fraction of sp³-hybridized carbons (Fsp3) is 0.375. The molecule has 0 amide bonds. The summed E-state index contributed by atoms with van der Waals surface area (Å²) in [7, 11) is 0. The number of hydrogen-bond acceptors (Lipinski definition) is 3. The van der Waals surface area contributed by atoms with Gasteiger partial charge in [0, 0.05) is 6.20 Å². The lowest BCUT2D eigenvalue weighted by Gasteiger charge is -2.13. The Labute approximate surface area is 79.7 Å². The van der Waals surface area contributed by atoms with Crippen LogP contribution in [0.25, 0.3) is 0 Å². The van der Waals surface area contributed by atoms with Crippen LogP contribution in [0, 0.1) is 0 Å². The number of rotatable bonds is 2. The predicted molar refractivity (Wildman–Crippen MR) is 50.5 cm³/mol. The molecule has 0 aromatic carbocycles. The zero-order valence-corrected chi connectivity index (χ0v) is 8.32. The molecular weight excluding hydrogens is 220 g/mol. The summed E-state index contributed by atoms with van der Waals surface area (Å²) in [5.41, 5.74) is 6.52. The lowest BCUT2D eigenvalue weighted by molar-refractivity contribution is 0.164. The fourth-order valence-corrected chi connectivity index (χ4v) is 1.10. The van der Waals surface area contributed by atoms with E-state index in [0.717, 1.165) is 10.2 Å². The molecule has 0 fully saturated rings. The van der Waals surface area contributed by atoms with E-state index in [2.05, 4.69) is 20.9 Å². The summed E-state index contributed by atoms with van der Waals surface area (Å²) in [4.78, 5) is 4.01. The standard InChI is InChI=1S/C8H11BrN2O/c1-5(12)8(10)6-2-3-7(9)11-4-6/h2-5,8,12H,10H2,1H3/t5-,8+/m1/s1. The molecule has 1 rings (SSSR count). The van der Waals surface area contributed by atoms with Gasteiger partial charge in [-0.1, -0.05) is 6.07 Å². The molecule has 12 heavy (non-hydrogen) atoms. The van der Waals surface area contributed by atoms with E-state index in [9.17, 15) is 5.11 Å². The van der Waals surface area contributed by atoms with E-state index in [0.29, 0.717) is 0 Å². The second-order valence-electron chi connectivity index (χ2n) is 2.68. The van der Waals surface area contributed by atoms with Gasteiger partial charge in [-0.25, -0.2) is 4.98 Å². The zero-order chi connectivity index (χ0) is 9.14. The molecule has 1 aromatic heterocycles. The molecule has 0 radical (unpaired) electrons. The lowest BCUT2D eigenvalue weighted by Crippen LogP contribution is -2.23. The van der Waals surface area contributed by atoms with Crippen molar-refractivity contribution in [1.82, 2.24) is 4.98 Å². The molecule has 1 aromatic rings. The molecule has 66 valence electrons. The summed E-state index contributed by atoms with van der Waals surface area (Å²) in [5.74, 6) is 0. The van der Waals surface area contributed by atoms with Crippen LogP contribution in [0.4, 0.5) is 0 Å². The maximum Gasteiger partial charge on any atom is 0.106 e. The Morgan fingerprint density at radius 2 is 2.25 bits per heavy atom. The molecule has 0 aliphatic heterocycles. The van der Waals surface area contributed by atoms with Crippen LogP contribution in [0.2, 0.25) is 0 Å². The molecular formula is C8H11BrN2O. The first-order valence-electron chi connectivity index (χ1n) is 3.66. The van der Waals surface area contributed by atoms with Crippen molar-refractivity contribution in [3.05, 3.63) is 28.5 Å². The van der Waals surface area contributed by atoms with Crippen molar-refractivity contribution in [2.24, 2.45) is 5.73 Å². The van der Waals surface area contributed by atoms with Gasteiger partial charge in [0.1, 0.15) is 4.60 Å². The first-order chi connectivity index (χ1) is 5.61. The first-order valence-corrected chi connectivity index (χ1v) is 4.45. The number of aliphatic hydroxyl groups excluding tert-OH is 1. The molecule has 0 bridgehead atoms. The summed E-state index contributed by atoms with van der Waals surface area (Å²) in [6.45, 7) is 1.66. The number of aromatic nitrogens is 1. The molecule has 0 aliphatic carbocycles. The molecule has 0 unspecified atom stereocenters. The molecule has 3 N–H and O–H groups in total. The highest BCUT2D eigenvalue weighted by Gasteiger charge is 2.11. The maximum atomic E-state index is 9.18. The highest BCUT2D eigenvalue weighted by molar-refractivity contribution is 9.10. The minimum absolute atomic E-state index is 0.356. The predicted octanol–water partition coefficient (Wildman–Crippen LogP) is 1.22. The van der Waals surface area contributed by atoms with E-state index in [-0.39, 0.29) is 6.04 Å². The van der Waals surface area contributed by atoms with E-state index >= 15 is 0 Å². The average Bonchev–Trinajstić information content (AvgIpc) is 2.04. The minimum atomic E-state index is -0.548. The first kappa shape index (κ1) is 9.64. The monoisotopic (exact) mass is 230 g/mol. The van der Waals surface area contributed by atoms with E-state index in [1.54, 1.807) is 19.2 Å². The van der Waals surface area contributed by atoms with Gasteiger partial charge in [0.05, 0.1) is 12.1 Å². The number of pyridine rings is 1. The van der Waals surface area contributed by atoms with Crippen molar-refractivity contribution in [2.75, 3.05) is 0 Å². The van der Waals surface area contributed by atoms with Crippen LogP contribution in [0.15, 0.2) is 22.9 Å². The Kier molecular flexibility index (Phi) is 3.20. The van der Waals surface area contributed by atoms with Crippen molar-refractivity contribution in [2.45, 2.75) is 19.1 Å². The van der Waals surface area contributed by atoms with Gasteiger partial charge in [-0.05, 0) is 34.5 Å². The van der Waals surface area contributed by atoms with Gasteiger partial charge in [0.15, 0.2) is 0 Å². The summed E-state index contributed by atoms with van der Waals surface area (Å²) in [6.07, 6.45) is 1.11. The van der Waals surface area contributed by atoms with Crippen LogP contribution >= 0.6 is 15.9 Å². The summed E-state index contributed by atoms with van der Waals surface area (Å²) >= 11 is 3.22. The molecule has 4 heteroatoms. The summed E-state index contributed by atoms with van der Waals surface area (Å²) < 4.78 is 0.768. The zero-order valence-electron chi connectivity index (χ0n) is 6.74. The Bertz CT molecular complexity index is 248. The second kappa shape index (κ2) is 3.98. The SMILES string of the molecule is C[C@@H](O)[C@H](N)c1ccc(Br)nc1. The van der Waals surface area contributed by atoms with Crippen LogP contribution in [-0.4, -0.2) is 16.2 Å². The van der Waals surface area contributed by atoms with Gasteiger partial charge < -0.3 is 10.8 Å². The molecule has 3 nitrogen and oxygen atoms in total. The van der Waals surface area contributed by atoms with Gasteiger partial charge in [-0.2, -0.15) is 0 Å². The average molecular weight is 231 g/mol. The quantitative estimate of drug-likeness (QED) is 0.752. The smallest absolute Gasteiger partial charge is 0.106 e. The van der Waals surface area contributed by atoms with Crippen molar-refractivity contribution in [3.8, 4) is 0 Å². The van der Waals surface area contributed by atoms with Crippen LogP contribution in [0.5, 0.6) is 0 Å². The van der Waals surface area contributed by atoms with Gasteiger partial charge in [0.25, 0.3) is 0 Å². The summed E-state index contributed by atoms with van der Waals surface area (Å²) in [5, 5.41) is 9.18. The highest BCUT2D eigenvalue weighted by Crippen LogP contribution is 2.14. The molecule has 0 saturated carbocycles. The van der Waals surface area contributed by atoms with E-state index in [1.807, 2.05) is 6.07 Å². The Morgan fingerprint density at radius 3 is 2.67 bits per heavy atom. The van der Waals surface area contributed by atoms with Gasteiger partial charge in [-0.3, -0.25) is 0 Å². The lowest BCUT2D eigenvalue weighted by atomic mass is 10.1. The largest absolute Gasteiger partial charge is 0.391 e. The molecule has 2 atom stereocenters. The van der Waals surface area contributed by atoms with Gasteiger partial charge in [0.2, 0.25) is 0 Å². The number of aliphatic hydroxyl groups is 1. The van der Waals surface area contributed by atoms with Crippen LogP contribution in [0.1, 0.15) is 18.5 Å². The van der Waals surface area contributed by atoms with E-state index in [4.69, 9.17) is 5.73 Å². The molecule has 1 heterocycles. The minimum Gasteiger partial charge on any atom is -0.391 e. The van der Waals surface area contributed by atoms with E-state index in [1.165, 1.54) is 0 Å². The van der Waals surface area contributed by atoms with Crippen molar-refractivity contribution >= 4 is 15.9 Å². The summed E-state index contributed by atoms with van der Waals surface area (Å²) in [6, 6.07) is 3.29. The van der Waals surface area contributed by atoms with Crippen molar-refractivity contribution in [3.63, 3.8) is 0 Å². The molecule has 0 saturated heterocycles. The third-order valence-corrected chi connectivity index (χ3v) is 2.12. The highest BCUT2D eigenvalue weighted by atomic mass is 79.9. The van der Waals surface area contributed by atoms with Crippen LogP contribution in [-0.2, 0) is 0 Å². The maximum absolute atomic E-state index is 9.18. The third-order valence-electron chi connectivity index (χ3n) is 1.65. The Morgan fingerprint density at radius 1 is 1.58 bits per heavy atom. The van der Waals surface area contributed by atoms with E-state index < -0.39 is 6.10 Å². The van der Waals surface area contributed by atoms with Crippen molar-refractivity contribution < 1.29 is 5.11 Å². The topological polar surface area (TPSA) is 59.1 Å². The molecule has 0 spiro atoms. The van der Waals surface area contributed by atoms with Gasteiger partial charge in [-0.15, -0.1) is 0 Å². The number of halogens is 1. The molecule has 0 aliphatic rings. The second-order valence-corrected chi connectivity index (χ2v) is 3.49. The number of nitrogens with two attached hydrogens (primary N) is 1. The fourth-order valence-electron chi connectivity index (χ4n) is 0.863.